The number of amidine groups is 1. The Morgan fingerprint density at radius 2 is 1.85 bits per heavy atom. The fourth-order valence-electron chi connectivity index (χ4n) is 3.67. The normalized spacial score (nSPS) is 13.2. The molecule has 0 fully saturated rings. The number of nitrogens with zero attached hydrogens (tertiary/aromatic N) is 2. The lowest BCUT2D eigenvalue weighted by atomic mass is 10.1. The van der Waals surface area contributed by atoms with Crippen LogP contribution in [0.2, 0.25) is 0 Å². The molecule has 0 spiro atoms. The highest BCUT2D eigenvalue weighted by molar-refractivity contribution is 6.07. The maximum absolute atomic E-state index is 12.9. The second kappa shape index (κ2) is 8.84. The number of likely N-dealkylation sites (N-methyl/N-ethyl adjacent to an activating group) is 1. The molecule has 0 aromatic heterocycles. The second-order valence-electron chi connectivity index (χ2n) is 7.65. The van der Waals surface area contributed by atoms with E-state index in [2.05, 4.69) is 5.32 Å². The number of benzene rings is 3. The molecule has 0 radical (unpaired) electrons. The quantitative estimate of drug-likeness (QED) is 0.626. The SMILES string of the molecule is COCCN(C)C1=Nc2ccccc2Oc2ccc(NC(=O)c3ccc4c(c3)OCO4)cc21. The zero-order chi connectivity index (χ0) is 22.8. The van der Waals surface area contributed by atoms with E-state index < -0.39 is 0 Å². The number of carbonyl (C=O) groups excluding carboxylic acids is 1. The molecule has 8 heteroatoms. The van der Waals surface area contributed by atoms with E-state index >= 15 is 0 Å². The predicted molar refractivity (Wildman–Crippen MR) is 124 cm³/mol. The van der Waals surface area contributed by atoms with E-state index in [1.54, 1.807) is 25.3 Å². The van der Waals surface area contributed by atoms with E-state index in [1.807, 2.05) is 54.4 Å². The lowest BCUT2D eigenvalue weighted by Crippen LogP contribution is -2.30. The molecule has 3 aromatic carbocycles. The first kappa shape index (κ1) is 20.8. The Labute approximate surface area is 191 Å². The maximum atomic E-state index is 12.9. The van der Waals surface area contributed by atoms with Gasteiger partial charge >= 0.3 is 0 Å². The fourth-order valence-corrected chi connectivity index (χ4v) is 3.67. The molecule has 0 saturated carbocycles. The molecular formula is C25H23N3O5. The van der Waals surface area contributed by atoms with E-state index in [4.69, 9.17) is 23.9 Å². The minimum absolute atomic E-state index is 0.159. The summed E-state index contributed by atoms with van der Waals surface area (Å²) in [5.41, 5.74) is 2.61. The minimum atomic E-state index is -0.252. The van der Waals surface area contributed by atoms with Gasteiger partial charge in [-0.1, -0.05) is 12.1 Å². The van der Waals surface area contributed by atoms with Crippen LogP contribution in [0.4, 0.5) is 11.4 Å². The van der Waals surface area contributed by atoms with Crippen LogP contribution in [0.1, 0.15) is 15.9 Å². The van der Waals surface area contributed by atoms with Gasteiger partial charge in [0.2, 0.25) is 6.79 Å². The molecule has 8 nitrogen and oxygen atoms in total. The molecule has 5 rings (SSSR count). The summed E-state index contributed by atoms with van der Waals surface area (Å²) in [4.78, 5) is 19.8. The van der Waals surface area contributed by atoms with Gasteiger partial charge in [0.05, 0.1) is 12.2 Å². The van der Waals surface area contributed by atoms with Gasteiger partial charge < -0.3 is 29.2 Å². The van der Waals surface area contributed by atoms with Gasteiger partial charge in [-0.15, -0.1) is 0 Å². The van der Waals surface area contributed by atoms with Crippen molar-refractivity contribution in [2.45, 2.75) is 0 Å². The van der Waals surface area contributed by atoms with Gasteiger partial charge in [0.25, 0.3) is 5.91 Å². The van der Waals surface area contributed by atoms with Crippen LogP contribution in [0, 0.1) is 0 Å². The van der Waals surface area contributed by atoms with Gasteiger partial charge in [-0.3, -0.25) is 4.79 Å². The fraction of sp³-hybridized carbons (Fsp3) is 0.200. The summed E-state index contributed by atoms with van der Waals surface area (Å²) in [5.74, 6) is 3.00. The number of hydrogen-bond acceptors (Lipinski definition) is 7. The summed E-state index contributed by atoms with van der Waals surface area (Å²) >= 11 is 0. The number of rotatable bonds is 5. The van der Waals surface area contributed by atoms with Crippen LogP contribution in [0.5, 0.6) is 23.0 Å². The third-order valence-electron chi connectivity index (χ3n) is 5.42. The van der Waals surface area contributed by atoms with Crippen molar-refractivity contribution in [1.29, 1.82) is 0 Å². The van der Waals surface area contributed by atoms with Crippen LogP contribution in [0.3, 0.4) is 0 Å². The minimum Gasteiger partial charge on any atom is -0.454 e. The molecule has 2 aliphatic heterocycles. The van der Waals surface area contributed by atoms with Crippen molar-refractivity contribution in [2.75, 3.05) is 39.4 Å². The Hall–Kier alpha value is -4.04. The number of ether oxygens (including phenoxy) is 4. The Morgan fingerprint density at radius 1 is 1.03 bits per heavy atom. The number of para-hydroxylation sites is 2. The topological polar surface area (TPSA) is 81.6 Å². The molecule has 0 saturated heterocycles. The number of anilines is 1. The van der Waals surface area contributed by atoms with Gasteiger partial charge in [0.15, 0.2) is 17.2 Å². The first-order chi connectivity index (χ1) is 16.1. The predicted octanol–water partition coefficient (Wildman–Crippen LogP) is 4.43. The van der Waals surface area contributed by atoms with E-state index in [0.29, 0.717) is 47.4 Å². The van der Waals surface area contributed by atoms with E-state index in [-0.39, 0.29) is 12.7 Å². The summed E-state index contributed by atoms with van der Waals surface area (Å²) in [6.45, 7) is 1.35. The van der Waals surface area contributed by atoms with Crippen LogP contribution in [0.25, 0.3) is 0 Å². The van der Waals surface area contributed by atoms with Gasteiger partial charge in [-0.05, 0) is 48.5 Å². The first-order valence-corrected chi connectivity index (χ1v) is 10.5. The average Bonchev–Trinajstić information content (AvgIpc) is 3.24. The lowest BCUT2D eigenvalue weighted by Gasteiger charge is -2.22. The highest BCUT2D eigenvalue weighted by Gasteiger charge is 2.22. The smallest absolute Gasteiger partial charge is 0.255 e. The van der Waals surface area contributed by atoms with Crippen molar-refractivity contribution >= 4 is 23.1 Å². The second-order valence-corrected chi connectivity index (χ2v) is 7.65. The monoisotopic (exact) mass is 445 g/mol. The molecule has 168 valence electrons. The molecule has 2 aliphatic rings. The van der Waals surface area contributed by atoms with Crippen molar-refractivity contribution in [3.8, 4) is 23.0 Å². The van der Waals surface area contributed by atoms with Crippen LogP contribution in [0.15, 0.2) is 65.7 Å². The number of amides is 1. The van der Waals surface area contributed by atoms with Gasteiger partial charge in [0.1, 0.15) is 17.3 Å². The zero-order valence-electron chi connectivity index (χ0n) is 18.3. The third kappa shape index (κ3) is 4.20. The molecule has 1 amide bonds. The average molecular weight is 445 g/mol. The van der Waals surface area contributed by atoms with Crippen LogP contribution >= 0.6 is 0 Å². The summed E-state index contributed by atoms with van der Waals surface area (Å²) < 4.78 is 22.1. The molecular weight excluding hydrogens is 422 g/mol. The molecule has 0 atom stereocenters. The maximum Gasteiger partial charge on any atom is 0.255 e. The van der Waals surface area contributed by atoms with E-state index in [9.17, 15) is 4.79 Å². The van der Waals surface area contributed by atoms with Crippen molar-refractivity contribution in [2.24, 2.45) is 4.99 Å². The Bertz CT molecular complexity index is 1240. The molecule has 0 unspecified atom stereocenters. The van der Waals surface area contributed by atoms with Crippen LogP contribution in [-0.4, -0.2) is 50.7 Å². The molecule has 0 aliphatic carbocycles. The molecule has 0 bridgehead atoms. The number of hydrogen-bond donors (Lipinski definition) is 1. The number of carbonyl (C=O) groups is 1. The van der Waals surface area contributed by atoms with E-state index in [1.165, 1.54) is 0 Å². The van der Waals surface area contributed by atoms with Crippen molar-refractivity contribution in [1.82, 2.24) is 4.90 Å². The lowest BCUT2D eigenvalue weighted by molar-refractivity contribution is 0.102. The summed E-state index contributed by atoms with van der Waals surface area (Å²) in [5, 5.41) is 2.95. The molecule has 2 heterocycles. The third-order valence-corrected chi connectivity index (χ3v) is 5.42. The summed E-state index contributed by atoms with van der Waals surface area (Å²) in [7, 11) is 3.62. The van der Waals surface area contributed by atoms with Crippen molar-refractivity contribution in [3.05, 3.63) is 71.8 Å². The number of nitrogens with one attached hydrogen (secondary N) is 1. The Balaban J connectivity index is 1.47. The van der Waals surface area contributed by atoms with Crippen molar-refractivity contribution < 1.29 is 23.7 Å². The zero-order valence-corrected chi connectivity index (χ0v) is 18.3. The molecule has 3 aromatic rings. The molecule has 33 heavy (non-hydrogen) atoms. The summed E-state index contributed by atoms with van der Waals surface area (Å²) in [6.07, 6.45) is 0. The van der Waals surface area contributed by atoms with Crippen LogP contribution < -0.4 is 19.5 Å². The largest absolute Gasteiger partial charge is 0.454 e. The summed E-state index contributed by atoms with van der Waals surface area (Å²) in [6, 6.07) is 18.3. The number of fused-ring (bicyclic) bond motifs is 3. The van der Waals surface area contributed by atoms with E-state index in [0.717, 1.165) is 17.1 Å². The Morgan fingerprint density at radius 3 is 2.73 bits per heavy atom. The van der Waals surface area contributed by atoms with Crippen LogP contribution in [-0.2, 0) is 4.74 Å². The van der Waals surface area contributed by atoms with Gasteiger partial charge in [-0.2, -0.15) is 0 Å². The van der Waals surface area contributed by atoms with Gasteiger partial charge in [0, 0.05) is 32.0 Å². The molecule has 1 N–H and O–H groups in total. The Kier molecular flexibility index (Phi) is 5.58. The highest BCUT2D eigenvalue weighted by Crippen LogP contribution is 2.39. The van der Waals surface area contributed by atoms with Crippen molar-refractivity contribution in [3.63, 3.8) is 0 Å². The standard InChI is InChI=1S/C25H23N3O5/c1-28(11-12-30-2)24-18-14-17(8-10-20(18)33-21-6-4-3-5-19(21)27-24)26-25(29)16-7-9-22-23(13-16)32-15-31-22/h3-10,13-14H,11-12,15H2,1-2H3,(H,26,29). The first-order valence-electron chi connectivity index (χ1n) is 10.5. The number of methoxy groups -OCH3 is 1. The number of aliphatic imine (C=N–C) groups is 1. The highest BCUT2D eigenvalue weighted by atomic mass is 16.7. The van der Waals surface area contributed by atoms with Gasteiger partial charge in [-0.25, -0.2) is 4.99 Å².